The lowest BCUT2D eigenvalue weighted by Crippen LogP contribution is -2.32. The quantitative estimate of drug-likeness (QED) is 0.467. The molecule has 24 heavy (non-hydrogen) atoms. The summed E-state index contributed by atoms with van der Waals surface area (Å²) in [5, 5.41) is 6.79. The summed E-state index contributed by atoms with van der Waals surface area (Å²) in [6.07, 6.45) is 5.46. The molecule has 2 aromatic rings. The van der Waals surface area contributed by atoms with Gasteiger partial charge in [0.2, 0.25) is 5.91 Å². The van der Waals surface area contributed by atoms with Crippen molar-refractivity contribution >= 4 is 35.1 Å². The molecule has 1 aromatic heterocycles. The second-order valence-electron chi connectivity index (χ2n) is 6.00. The highest BCUT2D eigenvalue weighted by atomic mass is 35.5. The number of nitrogens with zero attached hydrogens (tertiary/aromatic N) is 1. The van der Waals surface area contributed by atoms with Crippen molar-refractivity contribution in [2.45, 2.75) is 25.7 Å². The van der Waals surface area contributed by atoms with E-state index in [-0.39, 0.29) is 17.7 Å². The summed E-state index contributed by atoms with van der Waals surface area (Å²) in [4.78, 5) is 13.6. The second kappa shape index (κ2) is 7.77. The second-order valence-corrected chi connectivity index (χ2v) is 7.42. The largest absolute Gasteiger partial charge is 0.273 e. The molecule has 3 rings (SSSR count). The first kappa shape index (κ1) is 16.9. The Labute approximate surface area is 151 Å². The number of halogens is 1. The number of benzene rings is 1. The predicted molar refractivity (Wildman–Crippen MR) is 101 cm³/mol. The molecule has 0 radical (unpaired) electrons. The third kappa shape index (κ3) is 4.13. The van der Waals surface area contributed by atoms with Crippen molar-refractivity contribution in [2.24, 2.45) is 11.0 Å². The van der Waals surface area contributed by atoms with Crippen molar-refractivity contribution in [3.63, 3.8) is 0 Å². The lowest BCUT2D eigenvalue weighted by Gasteiger charge is -2.29. The van der Waals surface area contributed by atoms with Crippen LogP contribution in [-0.2, 0) is 4.79 Å². The highest BCUT2D eigenvalue weighted by molar-refractivity contribution is 7.11. The number of allylic oxidation sites excluding steroid dienone is 2. The number of hydrazone groups is 1. The molecule has 1 heterocycles. The van der Waals surface area contributed by atoms with Gasteiger partial charge in [-0.05, 0) is 54.8 Å². The van der Waals surface area contributed by atoms with Gasteiger partial charge in [-0.2, -0.15) is 5.10 Å². The van der Waals surface area contributed by atoms with Crippen molar-refractivity contribution in [3.05, 3.63) is 68.9 Å². The average Bonchev–Trinajstić information content (AvgIpc) is 3.09. The van der Waals surface area contributed by atoms with E-state index in [0.717, 1.165) is 23.3 Å². The number of hydrogen-bond donors (Lipinski definition) is 1. The Bertz CT molecular complexity index is 750. The standard InChI is InChI=1S/C19H19ClN2OS/c1-13-4-9-17(18(11-13)14-5-7-15(20)8-6-14)19(23)22-21-12-16-3-2-10-24-16/h2-8,10,12,17-18H,9,11H2,1H3,(H,22,23). The molecule has 0 aliphatic heterocycles. The SMILES string of the molecule is CC1=CCC(C(=O)NN=Cc2cccs2)C(c2ccc(Cl)cc2)C1. The molecular weight excluding hydrogens is 340 g/mol. The minimum absolute atomic E-state index is 0.0356. The molecule has 0 saturated carbocycles. The summed E-state index contributed by atoms with van der Waals surface area (Å²) in [6, 6.07) is 11.7. The number of hydrogen-bond acceptors (Lipinski definition) is 3. The third-order valence-corrected chi connectivity index (χ3v) is 5.35. The molecule has 1 N–H and O–H groups in total. The molecule has 0 fully saturated rings. The molecular formula is C19H19ClN2OS. The first-order valence-electron chi connectivity index (χ1n) is 7.91. The molecule has 1 aromatic carbocycles. The Morgan fingerprint density at radius 3 is 2.83 bits per heavy atom. The Hall–Kier alpha value is -1.91. The van der Waals surface area contributed by atoms with Gasteiger partial charge in [-0.1, -0.05) is 41.4 Å². The van der Waals surface area contributed by atoms with Crippen molar-refractivity contribution < 1.29 is 4.79 Å². The van der Waals surface area contributed by atoms with Gasteiger partial charge in [0.15, 0.2) is 0 Å². The zero-order valence-corrected chi connectivity index (χ0v) is 15.0. The van der Waals surface area contributed by atoms with Gasteiger partial charge in [0.05, 0.1) is 12.1 Å². The van der Waals surface area contributed by atoms with E-state index in [1.54, 1.807) is 17.6 Å². The number of rotatable bonds is 4. The molecule has 2 unspecified atom stereocenters. The topological polar surface area (TPSA) is 41.5 Å². The fourth-order valence-electron chi connectivity index (χ4n) is 3.02. The van der Waals surface area contributed by atoms with Crippen LogP contribution in [0, 0.1) is 5.92 Å². The summed E-state index contributed by atoms with van der Waals surface area (Å²) in [7, 11) is 0. The fourth-order valence-corrected chi connectivity index (χ4v) is 3.73. The van der Waals surface area contributed by atoms with Crippen LogP contribution in [-0.4, -0.2) is 12.1 Å². The third-order valence-electron chi connectivity index (χ3n) is 4.29. The molecule has 0 spiro atoms. The highest BCUT2D eigenvalue weighted by Gasteiger charge is 2.31. The molecule has 0 bridgehead atoms. The summed E-state index contributed by atoms with van der Waals surface area (Å²) in [5.74, 6) is 0.00562. The first-order valence-corrected chi connectivity index (χ1v) is 9.17. The van der Waals surface area contributed by atoms with Gasteiger partial charge in [-0.25, -0.2) is 5.43 Å². The molecule has 1 amide bonds. The van der Waals surface area contributed by atoms with E-state index in [0.29, 0.717) is 5.02 Å². The summed E-state index contributed by atoms with van der Waals surface area (Å²) in [6.45, 7) is 2.12. The smallest absolute Gasteiger partial charge is 0.244 e. The number of nitrogens with one attached hydrogen (secondary N) is 1. The number of thiophene rings is 1. The van der Waals surface area contributed by atoms with Crippen LogP contribution in [0.4, 0.5) is 0 Å². The van der Waals surface area contributed by atoms with Crippen LogP contribution >= 0.6 is 22.9 Å². The van der Waals surface area contributed by atoms with E-state index in [2.05, 4.69) is 23.5 Å². The van der Waals surface area contributed by atoms with Gasteiger partial charge >= 0.3 is 0 Å². The van der Waals surface area contributed by atoms with Crippen molar-refractivity contribution in [3.8, 4) is 0 Å². The molecule has 3 nitrogen and oxygen atoms in total. The summed E-state index contributed by atoms with van der Waals surface area (Å²) >= 11 is 7.57. The molecule has 5 heteroatoms. The highest BCUT2D eigenvalue weighted by Crippen LogP contribution is 2.38. The van der Waals surface area contributed by atoms with Gasteiger partial charge in [0.25, 0.3) is 0 Å². The zero-order valence-electron chi connectivity index (χ0n) is 13.4. The van der Waals surface area contributed by atoms with Gasteiger partial charge in [-0.3, -0.25) is 4.79 Å². The zero-order chi connectivity index (χ0) is 16.9. The first-order chi connectivity index (χ1) is 11.6. The van der Waals surface area contributed by atoms with Crippen LogP contribution in [0.5, 0.6) is 0 Å². The molecule has 0 saturated heterocycles. The van der Waals surface area contributed by atoms with Crippen LogP contribution in [0.3, 0.4) is 0 Å². The Kier molecular flexibility index (Phi) is 5.48. The fraction of sp³-hybridized carbons (Fsp3) is 0.263. The lowest BCUT2D eigenvalue weighted by atomic mass is 9.75. The van der Waals surface area contributed by atoms with E-state index in [9.17, 15) is 4.79 Å². The maximum absolute atomic E-state index is 12.6. The van der Waals surface area contributed by atoms with E-state index in [1.165, 1.54) is 5.57 Å². The Morgan fingerprint density at radius 1 is 1.33 bits per heavy atom. The molecule has 1 aliphatic carbocycles. The maximum Gasteiger partial charge on any atom is 0.244 e. The van der Waals surface area contributed by atoms with E-state index >= 15 is 0 Å². The van der Waals surface area contributed by atoms with Crippen molar-refractivity contribution in [1.82, 2.24) is 5.43 Å². The van der Waals surface area contributed by atoms with E-state index < -0.39 is 0 Å². The van der Waals surface area contributed by atoms with E-state index in [1.807, 2.05) is 41.8 Å². The number of carbonyl (C=O) groups is 1. The summed E-state index contributed by atoms with van der Waals surface area (Å²) < 4.78 is 0. The molecule has 1 aliphatic rings. The van der Waals surface area contributed by atoms with Gasteiger partial charge < -0.3 is 0 Å². The van der Waals surface area contributed by atoms with Crippen LogP contribution < -0.4 is 5.43 Å². The minimum Gasteiger partial charge on any atom is -0.273 e. The monoisotopic (exact) mass is 358 g/mol. The van der Waals surface area contributed by atoms with Gasteiger partial charge in [-0.15, -0.1) is 11.3 Å². The minimum atomic E-state index is -0.115. The Morgan fingerprint density at radius 2 is 2.12 bits per heavy atom. The van der Waals surface area contributed by atoms with Gasteiger partial charge in [0.1, 0.15) is 0 Å². The maximum atomic E-state index is 12.6. The van der Waals surface area contributed by atoms with Crippen molar-refractivity contribution in [2.75, 3.05) is 0 Å². The predicted octanol–water partition coefficient (Wildman–Crippen LogP) is 4.99. The molecule has 124 valence electrons. The van der Waals surface area contributed by atoms with Crippen LogP contribution in [0.25, 0.3) is 0 Å². The normalized spacial score (nSPS) is 20.8. The van der Waals surface area contributed by atoms with Gasteiger partial charge in [0, 0.05) is 9.90 Å². The van der Waals surface area contributed by atoms with Crippen LogP contribution in [0.15, 0.2) is 58.5 Å². The summed E-state index contributed by atoms with van der Waals surface area (Å²) in [5.41, 5.74) is 5.17. The number of carbonyl (C=O) groups excluding carboxylic acids is 1. The number of amides is 1. The Balaban J connectivity index is 1.73. The molecule has 2 atom stereocenters. The van der Waals surface area contributed by atoms with Crippen molar-refractivity contribution in [1.29, 1.82) is 0 Å². The van der Waals surface area contributed by atoms with Crippen LogP contribution in [0.1, 0.15) is 36.1 Å². The van der Waals surface area contributed by atoms with E-state index in [4.69, 9.17) is 11.6 Å². The van der Waals surface area contributed by atoms with Crippen LogP contribution in [0.2, 0.25) is 5.02 Å². The lowest BCUT2D eigenvalue weighted by molar-refractivity contribution is -0.125. The average molecular weight is 359 g/mol.